The second-order valence-electron chi connectivity index (χ2n) is 7.22. The van der Waals surface area contributed by atoms with Crippen LogP contribution in [0.5, 0.6) is 0 Å². The van der Waals surface area contributed by atoms with E-state index in [1.807, 2.05) is 54.1 Å². The Labute approximate surface area is 153 Å². The maximum absolute atomic E-state index is 13.0. The summed E-state index contributed by atoms with van der Waals surface area (Å²) in [7, 11) is 1.86. The number of fused-ring (bicyclic) bond motifs is 1. The Morgan fingerprint density at radius 3 is 2.42 bits per heavy atom. The molecule has 1 aromatic heterocycles. The molecule has 2 aromatic rings. The van der Waals surface area contributed by atoms with Gasteiger partial charge in [-0.1, -0.05) is 30.3 Å². The minimum Gasteiger partial charge on any atom is -0.337 e. The van der Waals surface area contributed by atoms with E-state index in [2.05, 4.69) is 5.10 Å². The molecule has 0 saturated carbocycles. The number of benzene rings is 1. The number of carbonyl (C=O) groups excluding carboxylic acids is 2. The molecular formula is C20H24N4O2. The highest BCUT2D eigenvalue weighted by atomic mass is 16.2. The van der Waals surface area contributed by atoms with Gasteiger partial charge in [0.05, 0.1) is 24.7 Å². The van der Waals surface area contributed by atoms with Gasteiger partial charge in [-0.3, -0.25) is 14.3 Å². The van der Waals surface area contributed by atoms with Crippen LogP contribution >= 0.6 is 0 Å². The second-order valence-corrected chi connectivity index (χ2v) is 7.22. The van der Waals surface area contributed by atoms with Crippen LogP contribution in [0.3, 0.4) is 0 Å². The number of amides is 2. The van der Waals surface area contributed by atoms with Crippen molar-refractivity contribution in [1.82, 2.24) is 19.6 Å². The molecule has 0 bridgehead atoms. The number of nitrogens with zero attached hydrogens (tertiary/aromatic N) is 4. The fraction of sp³-hybridized carbons (Fsp3) is 0.450. The zero-order valence-electron chi connectivity index (χ0n) is 15.3. The first-order valence-electron chi connectivity index (χ1n) is 9.24. The molecule has 6 nitrogen and oxygen atoms in total. The largest absolute Gasteiger partial charge is 0.337 e. The van der Waals surface area contributed by atoms with E-state index in [-0.39, 0.29) is 17.7 Å². The number of carbonyl (C=O) groups is 2. The van der Waals surface area contributed by atoms with Crippen molar-refractivity contribution in [2.75, 3.05) is 13.1 Å². The monoisotopic (exact) mass is 352 g/mol. The fourth-order valence-electron chi connectivity index (χ4n) is 3.95. The van der Waals surface area contributed by atoms with Crippen molar-refractivity contribution in [3.8, 4) is 0 Å². The lowest BCUT2D eigenvalue weighted by Gasteiger charge is -2.21. The van der Waals surface area contributed by atoms with Crippen LogP contribution < -0.4 is 0 Å². The first kappa shape index (κ1) is 16.8. The average Bonchev–Trinajstić information content (AvgIpc) is 3.39. The number of hydrogen-bond donors (Lipinski definition) is 0. The van der Waals surface area contributed by atoms with Crippen molar-refractivity contribution < 1.29 is 9.59 Å². The Morgan fingerprint density at radius 2 is 1.73 bits per heavy atom. The van der Waals surface area contributed by atoms with Gasteiger partial charge in [0.1, 0.15) is 0 Å². The van der Waals surface area contributed by atoms with E-state index < -0.39 is 0 Å². The third kappa shape index (κ3) is 2.79. The van der Waals surface area contributed by atoms with Gasteiger partial charge < -0.3 is 9.80 Å². The molecule has 0 aliphatic carbocycles. The van der Waals surface area contributed by atoms with Crippen molar-refractivity contribution in [3.63, 3.8) is 0 Å². The summed E-state index contributed by atoms with van der Waals surface area (Å²) in [6, 6.07) is 9.82. The lowest BCUT2D eigenvalue weighted by molar-refractivity contribution is -0.133. The number of hydrogen-bond acceptors (Lipinski definition) is 3. The summed E-state index contributed by atoms with van der Waals surface area (Å²) in [6.07, 6.45) is 2.11. The number of aryl methyl sites for hydroxylation is 1. The Morgan fingerprint density at radius 1 is 1.04 bits per heavy atom. The summed E-state index contributed by atoms with van der Waals surface area (Å²) in [5.74, 6) is -0.104. The van der Waals surface area contributed by atoms with Crippen LogP contribution in [-0.2, 0) is 24.9 Å². The Balaban J connectivity index is 1.54. The van der Waals surface area contributed by atoms with Crippen LogP contribution in [0.4, 0.5) is 0 Å². The summed E-state index contributed by atoms with van der Waals surface area (Å²) < 4.78 is 1.76. The maximum Gasteiger partial charge on any atom is 0.274 e. The number of aromatic nitrogens is 2. The first-order chi connectivity index (χ1) is 12.6. The van der Waals surface area contributed by atoms with Crippen LogP contribution in [0.25, 0.3) is 0 Å². The molecule has 1 saturated heterocycles. The van der Waals surface area contributed by atoms with Gasteiger partial charge in [-0.15, -0.1) is 0 Å². The molecular weight excluding hydrogens is 328 g/mol. The van der Waals surface area contributed by atoms with Gasteiger partial charge in [0.2, 0.25) is 5.91 Å². The predicted molar refractivity (Wildman–Crippen MR) is 97.5 cm³/mol. The van der Waals surface area contributed by atoms with Gasteiger partial charge in [0.15, 0.2) is 5.69 Å². The molecule has 4 rings (SSSR count). The zero-order chi connectivity index (χ0) is 18.3. The highest BCUT2D eigenvalue weighted by molar-refractivity contribution is 5.95. The van der Waals surface area contributed by atoms with Gasteiger partial charge in [-0.05, 0) is 25.3 Å². The van der Waals surface area contributed by atoms with E-state index in [0.29, 0.717) is 18.8 Å². The van der Waals surface area contributed by atoms with Crippen LogP contribution in [0.2, 0.25) is 0 Å². The fourth-order valence-corrected chi connectivity index (χ4v) is 3.95. The molecule has 2 aliphatic rings. The third-order valence-corrected chi connectivity index (χ3v) is 5.54. The third-order valence-electron chi connectivity index (χ3n) is 5.54. The molecule has 0 spiro atoms. The smallest absolute Gasteiger partial charge is 0.274 e. The van der Waals surface area contributed by atoms with Crippen molar-refractivity contribution in [1.29, 1.82) is 0 Å². The van der Waals surface area contributed by atoms with Crippen LogP contribution in [0.1, 0.15) is 53.0 Å². The lowest BCUT2D eigenvalue weighted by atomic mass is 10.00. The molecule has 0 N–H and O–H groups in total. The molecule has 1 unspecified atom stereocenters. The quantitative estimate of drug-likeness (QED) is 0.852. The standard InChI is InChI=1S/C20H24N4O2/c1-14(15-8-4-3-5-9-15)19(25)24-12-16-17(13-24)22(2)21-18(16)20(26)23-10-6-7-11-23/h3-5,8-9,14H,6-7,10-13H2,1-2H3. The Kier molecular flexibility index (Phi) is 4.26. The van der Waals surface area contributed by atoms with Crippen molar-refractivity contribution in [2.45, 2.75) is 38.8 Å². The Bertz CT molecular complexity index is 837. The van der Waals surface area contributed by atoms with Gasteiger partial charge in [-0.25, -0.2) is 0 Å². The van der Waals surface area contributed by atoms with Crippen LogP contribution in [0.15, 0.2) is 30.3 Å². The lowest BCUT2D eigenvalue weighted by Crippen LogP contribution is -2.32. The second kappa shape index (κ2) is 6.59. The summed E-state index contributed by atoms with van der Waals surface area (Å²) >= 11 is 0. The molecule has 2 amide bonds. The summed E-state index contributed by atoms with van der Waals surface area (Å²) in [5, 5.41) is 4.46. The van der Waals surface area contributed by atoms with Crippen LogP contribution in [0, 0.1) is 0 Å². The molecule has 0 radical (unpaired) electrons. The minimum atomic E-state index is -0.198. The molecule has 136 valence electrons. The highest BCUT2D eigenvalue weighted by Crippen LogP contribution is 2.30. The summed E-state index contributed by atoms with van der Waals surface area (Å²) in [4.78, 5) is 29.5. The SMILES string of the molecule is CC(C(=O)N1Cc2c(C(=O)N3CCCC3)nn(C)c2C1)c1ccccc1. The highest BCUT2D eigenvalue weighted by Gasteiger charge is 2.35. The summed E-state index contributed by atoms with van der Waals surface area (Å²) in [6.45, 7) is 4.53. The number of rotatable bonds is 3. The normalized spacial score (nSPS) is 17.5. The van der Waals surface area contributed by atoms with Crippen molar-refractivity contribution in [2.24, 2.45) is 7.05 Å². The van der Waals surface area contributed by atoms with Gasteiger partial charge in [0.25, 0.3) is 5.91 Å². The van der Waals surface area contributed by atoms with E-state index in [4.69, 9.17) is 0 Å². The molecule has 6 heteroatoms. The molecule has 3 heterocycles. The minimum absolute atomic E-state index is 0.00440. The van der Waals surface area contributed by atoms with Gasteiger partial charge in [-0.2, -0.15) is 5.10 Å². The molecule has 2 aliphatic heterocycles. The zero-order valence-corrected chi connectivity index (χ0v) is 15.3. The maximum atomic E-state index is 13.0. The first-order valence-corrected chi connectivity index (χ1v) is 9.24. The molecule has 1 atom stereocenters. The Hall–Kier alpha value is -2.63. The molecule has 1 fully saturated rings. The van der Waals surface area contributed by atoms with E-state index in [1.54, 1.807) is 4.68 Å². The molecule has 1 aromatic carbocycles. The molecule has 26 heavy (non-hydrogen) atoms. The topological polar surface area (TPSA) is 58.4 Å². The van der Waals surface area contributed by atoms with E-state index in [0.717, 1.165) is 42.8 Å². The summed E-state index contributed by atoms with van der Waals surface area (Å²) in [5.41, 5.74) is 3.42. The predicted octanol–water partition coefficient (Wildman–Crippen LogP) is 2.30. The van der Waals surface area contributed by atoms with Crippen molar-refractivity contribution >= 4 is 11.8 Å². The average molecular weight is 352 g/mol. The van der Waals surface area contributed by atoms with Gasteiger partial charge >= 0.3 is 0 Å². The number of likely N-dealkylation sites (tertiary alicyclic amines) is 1. The van der Waals surface area contributed by atoms with E-state index >= 15 is 0 Å². The van der Waals surface area contributed by atoms with Crippen molar-refractivity contribution in [3.05, 3.63) is 52.8 Å². The van der Waals surface area contributed by atoms with Crippen LogP contribution in [-0.4, -0.2) is 44.5 Å². The van der Waals surface area contributed by atoms with E-state index in [9.17, 15) is 9.59 Å². The van der Waals surface area contributed by atoms with Gasteiger partial charge in [0, 0.05) is 25.7 Å². The van der Waals surface area contributed by atoms with E-state index in [1.165, 1.54) is 0 Å².